The minimum absolute atomic E-state index is 0.279. The van der Waals surface area contributed by atoms with Crippen molar-refractivity contribution in [1.29, 1.82) is 0 Å². The lowest BCUT2D eigenvalue weighted by Gasteiger charge is -2.29. The first-order chi connectivity index (χ1) is 8.07. The van der Waals surface area contributed by atoms with Crippen LogP contribution in [0.4, 0.5) is 0 Å². The molecule has 3 N–H and O–H groups in total. The van der Waals surface area contributed by atoms with Crippen LogP contribution in [0, 0.1) is 0 Å². The van der Waals surface area contributed by atoms with Crippen LogP contribution in [0.25, 0.3) is 0 Å². The lowest BCUT2D eigenvalue weighted by Crippen LogP contribution is -2.51. The second kappa shape index (κ2) is 6.39. The monoisotopic (exact) mass is 240 g/mol. The smallest absolute Gasteiger partial charge is 0.326 e. The number of hydrogen-bond acceptors (Lipinski definition) is 3. The van der Waals surface area contributed by atoms with E-state index in [4.69, 9.17) is 10.8 Å². The van der Waals surface area contributed by atoms with Crippen molar-refractivity contribution in [3.63, 3.8) is 0 Å². The van der Waals surface area contributed by atoms with Crippen LogP contribution in [0.5, 0.6) is 0 Å². The summed E-state index contributed by atoms with van der Waals surface area (Å²) in [4.78, 5) is 24.6. The van der Waals surface area contributed by atoms with Crippen molar-refractivity contribution in [2.75, 3.05) is 6.54 Å². The molecule has 17 heavy (non-hydrogen) atoms. The highest BCUT2D eigenvalue weighted by Crippen LogP contribution is 2.18. The zero-order valence-electron chi connectivity index (χ0n) is 9.97. The minimum atomic E-state index is -0.939. The molecule has 0 saturated carbocycles. The lowest BCUT2D eigenvalue weighted by molar-refractivity contribution is -0.150. The Morgan fingerprint density at radius 3 is 2.76 bits per heavy atom. The molecule has 0 radical (unpaired) electrons. The molecule has 0 aliphatic carbocycles. The van der Waals surface area contributed by atoms with Crippen LogP contribution >= 0.6 is 0 Å². The van der Waals surface area contributed by atoms with E-state index in [1.165, 1.54) is 4.90 Å². The Balaban J connectivity index is 2.78. The Morgan fingerprint density at radius 2 is 2.18 bits per heavy atom. The summed E-state index contributed by atoms with van der Waals surface area (Å²) < 4.78 is 0. The fourth-order valence-electron chi connectivity index (χ4n) is 2.12. The predicted octanol–water partition coefficient (Wildman–Crippen LogP) is 0.746. The molecular formula is C12H20N2O3. The number of amides is 1. The quantitative estimate of drug-likeness (QED) is 0.710. The summed E-state index contributed by atoms with van der Waals surface area (Å²) in [5.41, 5.74) is 5.72. The predicted molar refractivity (Wildman–Crippen MR) is 64.4 cm³/mol. The van der Waals surface area contributed by atoms with Crippen molar-refractivity contribution in [2.45, 2.75) is 44.2 Å². The summed E-state index contributed by atoms with van der Waals surface area (Å²) >= 11 is 0. The summed E-state index contributed by atoms with van der Waals surface area (Å²) in [5.74, 6) is -1.22. The van der Waals surface area contributed by atoms with Crippen LogP contribution in [-0.4, -0.2) is 40.5 Å². The molecular weight excluding hydrogens is 220 g/mol. The van der Waals surface area contributed by atoms with Crippen LogP contribution in [0.2, 0.25) is 0 Å². The largest absolute Gasteiger partial charge is 0.480 e. The second-order valence-corrected chi connectivity index (χ2v) is 4.37. The third kappa shape index (κ3) is 3.56. The van der Waals surface area contributed by atoms with E-state index < -0.39 is 18.1 Å². The Hall–Kier alpha value is -1.36. The normalized spacial score (nSPS) is 22.6. The molecule has 2 unspecified atom stereocenters. The number of nitrogens with zero attached hydrogens (tertiary/aromatic N) is 1. The van der Waals surface area contributed by atoms with Gasteiger partial charge in [0.1, 0.15) is 6.04 Å². The van der Waals surface area contributed by atoms with Gasteiger partial charge in [-0.15, -0.1) is 6.58 Å². The Bertz CT molecular complexity index is 304. The van der Waals surface area contributed by atoms with Crippen LogP contribution < -0.4 is 5.73 Å². The molecule has 5 nitrogen and oxygen atoms in total. The van der Waals surface area contributed by atoms with Crippen molar-refractivity contribution in [2.24, 2.45) is 5.73 Å². The number of aliphatic carboxylic acids is 1. The van der Waals surface area contributed by atoms with Crippen molar-refractivity contribution >= 4 is 11.9 Å². The number of rotatable bonds is 4. The average Bonchev–Trinajstić information content (AvgIpc) is 2.53. The van der Waals surface area contributed by atoms with Crippen LogP contribution in [-0.2, 0) is 9.59 Å². The number of carboxylic acids is 1. The van der Waals surface area contributed by atoms with E-state index >= 15 is 0 Å². The standard InChI is InChI=1S/C12H20N2O3/c1-2-6-9(13)11(15)14-8-5-3-4-7-10(14)12(16)17/h2,9-10H,1,3-8,13H2,(H,16,17). The SMILES string of the molecule is C=CCC(N)C(=O)N1CCCCCC1C(=O)O. The summed E-state index contributed by atoms with van der Waals surface area (Å²) in [7, 11) is 0. The molecule has 1 fully saturated rings. The Kier molecular flexibility index (Phi) is 5.15. The van der Waals surface area contributed by atoms with E-state index in [2.05, 4.69) is 6.58 Å². The zero-order valence-corrected chi connectivity index (χ0v) is 9.97. The highest BCUT2D eigenvalue weighted by molar-refractivity contribution is 5.87. The fourth-order valence-corrected chi connectivity index (χ4v) is 2.12. The molecule has 2 atom stereocenters. The number of nitrogens with two attached hydrogens (primary N) is 1. The summed E-state index contributed by atoms with van der Waals surface area (Å²) in [6, 6.07) is -1.40. The molecule has 96 valence electrons. The van der Waals surface area contributed by atoms with Gasteiger partial charge in [-0.05, 0) is 19.3 Å². The molecule has 1 heterocycles. The van der Waals surface area contributed by atoms with E-state index in [0.29, 0.717) is 19.4 Å². The maximum Gasteiger partial charge on any atom is 0.326 e. The Labute approximate surface area is 101 Å². The van der Waals surface area contributed by atoms with Crippen molar-refractivity contribution < 1.29 is 14.7 Å². The van der Waals surface area contributed by atoms with Crippen molar-refractivity contribution in [3.05, 3.63) is 12.7 Å². The maximum absolute atomic E-state index is 12.0. The van der Waals surface area contributed by atoms with E-state index in [1.807, 2.05) is 0 Å². The van der Waals surface area contributed by atoms with Gasteiger partial charge in [-0.3, -0.25) is 4.79 Å². The third-order valence-electron chi connectivity index (χ3n) is 3.06. The van der Waals surface area contributed by atoms with Gasteiger partial charge in [0.05, 0.1) is 6.04 Å². The number of hydrogen-bond donors (Lipinski definition) is 2. The highest BCUT2D eigenvalue weighted by atomic mass is 16.4. The average molecular weight is 240 g/mol. The van der Waals surface area contributed by atoms with Crippen LogP contribution in [0.15, 0.2) is 12.7 Å². The molecule has 0 aromatic rings. The summed E-state index contributed by atoms with van der Waals surface area (Å²) in [5, 5.41) is 9.14. The van der Waals surface area contributed by atoms with Crippen LogP contribution in [0.1, 0.15) is 32.1 Å². The molecule has 1 aliphatic heterocycles. The molecule has 0 aromatic heterocycles. The van der Waals surface area contributed by atoms with Gasteiger partial charge in [0, 0.05) is 6.54 Å². The zero-order chi connectivity index (χ0) is 12.8. The summed E-state index contributed by atoms with van der Waals surface area (Å²) in [6.07, 6.45) is 5.12. The third-order valence-corrected chi connectivity index (χ3v) is 3.06. The van der Waals surface area contributed by atoms with Gasteiger partial charge in [0.25, 0.3) is 0 Å². The van der Waals surface area contributed by atoms with Gasteiger partial charge in [-0.25, -0.2) is 4.79 Å². The van der Waals surface area contributed by atoms with Crippen LogP contribution in [0.3, 0.4) is 0 Å². The minimum Gasteiger partial charge on any atom is -0.480 e. The molecule has 5 heteroatoms. The van der Waals surface area contributed by atoms with E-state index in [9.17, 15) is 9.59 Å². The number of carbonyl (C=O) groups is 2. The topological polar surface area (TPSA) is 83.6 Å². The van der Waals surface area contributed by atoms with E-state index in [-0.39, 0.29) is 5.91 Å². The number of likely N-dealkylation sites (tertiary alicyclic amines) is 1. The molecule has 0 aromatic carbocycles. The molecule has 1 saturated heterocycles. The number of carboxylic acid groups (broad SMARTS) is 1. The first-order valence-corrected chi connectivity index (χ1v) is 5.97. The molecule has 1 rings (SSSR count). The van der Waals surface area contributed by atoms with Gasteiger partial charge in [-0.1, -0.05) is 18.9 Å². The van der Waals surface area contributed by atoms with Gasteiger partial charge in [0.2, 0.25) is 5.91 Å². The molecule has 1 amide bonds. The lowest BCUT2D eigenvalue weighted by atomic mass is 10.1. The number of carbonyl (C=O) groups excluding carboxylic acids is 1. The van der Waals surface area contributed by atoms with Crippen molar-refractivity contribution in [3.8, 4) is 0 Å². The molecule has 0 bridgehead atoms. The first kappa shape index (κ1) is 13.7. The molecule has 1 aliphatic rings. The Morgan fingerprint density at radius 1 is 1.47 bits per heavy atom. The second-order valence-electron chi connectivity index (χ2n) is 4.37. The van der Waals surface area contributed by atoms with E-state index in [1.54, 1.807) is 6.08 Å². The van der Waals surface area contributed by atoms with Gasteiger partial charge >= 0.3 is 5.97 Å². The first-order valence-electron chi connectivity index (χ1n) is 5.97. The van der Waals surface area contributed by atoms with Crippen molar-refractivity contribution in [1.82, 2.24) is 4.90 Å². The van der Waals surface area contributed by atoms with Gasteiger partial charge in [-0.2, -0.15) is 0 Å². The van der Waals surface area contributed by atoms with Gasteiger partial charge in [0.15, 0.2) is 0 Å². The summed E-state index contributed by atoms with van der Waals surface area (Å²) in [6.45, 7) is 4.02. The van der Waals surface area contributed by atoms with E-state index in [0.717, 1.165) is 19.3 Å². The highest BCUT2D eigenvalue weighted by Gasteiger charge is 2.32. The van der Waals surface area contributed by atoms with Gasteiger partial charge < -0.3 is 15.7 Å². The molecule has 0 spiro atoms. The maximum atomic E-state index is 12.0. The fraction of sp³-hybridized carbons (Fsp3) is 0.667.